The van der Waals surface area contributed by atoms with Crippen molar-refractivity contribution in [2.75, 3.05) is 5.73 Å². The van der Waals surface area contributed by atoms with Crippen LogP contribution in [0.15, 0.2) is 18.2 Å². The van der Waals surface area contributed by atoms with Crippen molar-refractivity contribution in [3.05, 3.63) is 23.8 Å². The molecular weight excluding hydrogens is 314 g/mol. The Kier molecular flexibility index (Phi) is 10.6. The highest BCUT2D eigenvalue weighted by molar-refractivity contribution is 6.01. The molecule has 0 saturated heterocycles. The molecule has 0 spiro atoms. The number of benzene rings is 1. The van der Waals surface area contributed by atoms with Crippen molar-refractivity contribution < 1.29 is 14.3 Å². The van der Waals surface area contributed by atoms with Gasteiger partial charge in [0.2, 0.25) is 0 Å². The fourth-order valence-electron chi connectivity index (χ4n) is 2.77. The smallest absolute Gasteiger partial charge is 0.311 e. The Morgan fingerprint density at radius 2 is 1.48 bits per heavy atom. The SMILES string of the molecule is CCCCCCCCC(=O)c1cccc(N)c1OC(=O)CCCCC. The first-order valence-corrected chi connectivity index (χ1v) is 9.72. The maximum absolute atomic E-state index is 12.5. The first kappa shape index (κ1) is 21.2. The number of ketones is 1. The molecule has 0 saturated carbocycles. The summed E-state index contributed by atoms with van der Waals surface area (Å²) in [5, 5.41) is 0. The number of nitrogen functional groups attached to an aromatic ring is 1. The van der Waals surface area contributed by atoms with Gasteiger partial charge in [-0.25, -0.2) is 0 Å². The minimum atomic E-state index is -0.319. The maximum atomic E-state index is 12.5. The highest BCUT2D eigenvalue weighted by atomic mass is 16.5. The Labute approximate surface area is 152 Å². The zero-order valence-electron chi connectivity index (χ0n) is 15.8. The molecule has 0 aromatic heterocycles. The molecule has 1 rings (SSSR count). The Morgan fingerprint density at radius 3 is 2.20 bits per heavy atom. The van der Waals surface area contributed by atoms with Gasteiger partial charge in [0.1, 0.15) is 0 Å². The molecule has 1 aromatic rings. The average Bonchev–Trinajstić information content (AvgIpc) is 2.59. The molecule has 1 aromatic carbocycles. The number of anilines is 1. The highest BCUT2D eigenvalue weighted by Gasteiger charge is 2.17. The van der Waals surface area contributed by atoms with Crippen LogP contribution in [-0.4, -0.2) is 11.8 Å². The van der Waals surface area contributed by atoms with Gasteiger partial charge in [-0.05, 0) is 25.0 Å². The van der Waals surface area contributed by atoms with Gasteiger partial charge in [0.15, 0.2) is 11.5 Å². The molecule has 140 valence electrons. The van der Waals surface area contributed by atoms with E-state index < -0.39 is 0 Å². The lowest BCUT2D eigenvalue weighted by atomic mass is 10.0. The normalized spacial score (nSPS) is 10.6. The summed E-state index contributed by atoms with van der Waals surface area (Å²) in [6.45, 7) is 4.27. The Hall–Kier alpha value is -1.84. The van der Waals surface area contributed by atoms with E-state index in [1.165, 1.54) is 19.3 Å². The van der Waals surface area contributed by atoms with Crippen molar-refractivity contribution in [3.63, 3.8) is 0 Å². The molecule has 2 N–H and O–H groups in total. The summed E-state index contributed by atoms with van der Waals surface area (Å²) in [7, 11) is 0. The number of para-hydroxylation sites is 1. The summed E-state index contributed by atoms with van der Waals surface area (Å²) in [6, 6.07) is 5.10. The number of nitrogens with two attached hydrogens (primary N) is 1. The lowest BCUT2D eigenvalue weighted by molar-refractivity contribution is -0.134. The van der Waals surface area contributed by atoms with E-state index in [1.54, 1.807) is 18.2 Å². The second-order valence-corrected chi connectivity index (χ2v) is 6.60. The Bertz CT molecular complexity index is 540. The van der Waals surface area contributed by atoms with Gasteiger partial charge in [0.25, 0.3) is 0 Å². The first-order chi connectivity index (χ1) is 12.1. The van der Waals surface area contributed by atoms with Crippen molar-refractivity contribution in [1.29, 1.82) is 0 Å². The quantitative estimate of drug-likeness (QED) is 0.164. The van der Waals surface area contributed by atoms with Crippen molar-refractivity contribution in [2.45, 2.75) is 84.5 Å². The molecule has 0 aliphatic rings. The number of rotatable bonds is 13. The van der Waals surface area contributed by atoms with Gasteiger partial charge in [-0.3, -0.25) is 9.59 Å². The molecule has 4 heteroatoms. The summed E-state index contributed by atoms with van der Waals surface area (Å²) in [5.41, 5.74) is 6.72. The van der Waals surface area contributed by atoms with E-state index in [4.69, 9.17) is 10.5 Å². The van der Waals surface area contributed by atoms with Crippen molar-refractivity contribution in [2.24, 2.45) is 0 Å². The molecule has 0 bridgehead atoms. The molecule has 4 nitrogen and oxygen atoms in total. The molecule has 0 aliphatic carbocycles. The lowest BCUT2D eigenvalue weighted by Gasteiger charge is -2.12. The monoisotopic (exact) mass is 347 g/mol. The summed E-state index contributed by atoms with van der Waals surface area (Å²) < 4.78 is 5.42. The standard InChI is InChI=1S/C21H33NO3/c1-3-5-7-8-9-11-15-19(23)17-13-12-14-18(22)21(17)25-20(24)16-10-6-4-2/h12-14H,3-11,15-16,22H2,1-2H3. The predicted molar refractivity (Wildman–Crippen MR) is 103 cm³/mol. The van der Waals surface area contributed by atoms with Crippen LogP contribution in [-0.2, 0) is 4.79 Å². The molecular formula is C21H33NO3. The molecule has 0 radical (unpaired) electrons. The topological polar surface area (TPSA) is 69.4 Å². The van der Waals surface area contributed by atoms with Crippen molar-refractivity contribution in [3.8, 4) is 5.75 Å². The van der Waals surface area contributed by atoms with Gasteiger partial charge < -0.3 is 10.5 Å². The van der Waals surface area contributed by atoms with Gasteiger partial charge in [-0.2, -0.15) is 0 Å². The van der Waals surface area contributed by atoms with Crippen molar-refractivity contribution >= 4 is 17.4 Å². The maximum Gasteiger partial charge on any atom is 0.311 e. The highest BCUT2D eigenvalue weighted by Crippen LogP contribution is 2.28. The third-order valence-corrected chi connectivity index (χ3v) is 4.30. The predicted octanol–water partition coefficient (Wildman–Crippen LogP) is 5.69. The molecule has 25 heavy (non-hydrogen) atoms. The van der Waals surface area contributed by atoms with Crippen LogP contribution in [0.3, 0.4) is 0 Å². The zero-order valence-corrected chi connectivity index (χ0v) is 15.8. The number of esters is 1. The number of ether oxygens (including phenoxy) is 1. The van der Waals surface area contributed by atoms with Gasteiger partial charge in [0.05, 0.1) is 11.3 Å². The van der Waals surface area contributed by atoms with Crippen LogP contribution in [0, 0.1) is 0 Å². The second kappa shape index (κ2) is 12.5. The summed E-state index contributed by atoms with van der Waals surface area (Å²) in [6.07, 6.45) is 10.4. The molecule has 0 atom stereocenters. The minimum absolute atomic E-state index is 0.000787. The lowest BCUT2D eigenvalue weighted by Crippen LogP contribution is -2.13. The van der Waals surface area contributed by atoms with Gasteiger partial charge in [-0.15, -0.1) is 0 Å². The number of Topliss-reactive ketones (excluding diaryl/α,β-unsaturated/α-hetero) is 1. The summed E-state index contributed by atoms with van der Waals surface area (Å²) in [5.74, 6) is -0.0842. The molecule has 0 amide bonds. The summed E-state index contributed by atoms with van der Waals surface area (Å²) in [4.78, 5) is 24.5. The van der Waals surface area contributed by atoms with Crippen LogP contribution in [0.1, 0.15) is 94.8 Å². The van der Waals surface area contributed by atoms with Gasteiger partial charge in [0, 0.05) is 12.8 Å². The van der Waals surface area contributed by atoms with Crippen molar-refractivity contribution in [1.82, 2.24) is 0 Å². The van der Waals surface area contributed by atoms with E-state index in [-0.39, 0.29) is 17.5 Å². The van der Waals surface area contributed by atoms with Gasteiger partial charge >= 0.3 is 5.97 Å². The second-order valence-electron chi connectivity index (χ2n) is 6.60. The van der Waals surface area contributed by atoms with E-state index in [0.29, 0.717) is 24.1 Å². The third kappa shape index (κ3) is 8.19. The third-order valence-electron chi connectivity index (χ3n) is 4.30. The van der Waals surface area contributed by atoms with E-state index in [0.717, 1.165) is 38.5 Å². The molecule has 0 fully saturated rings. The number of unbranched alkanes of at least 4 members (excludes halogenated alkanes) is 7. The fourth-order valence-corrected chi connectivity index (χ4v) is 2.77. The number of hydrogen-bond acceptors (Lipinski definition) is 4. The molecule has 0 aliphatic heterocycles. The van der Waals surface area contributed by atoms with E-state index in [1.807, 2.05) is 0 Å². The van der Waals surface area contributed by atoms with Gasteiger partial charge in [-0.1, -0.05) is 64.9 Å². The number of carbonyl (C=O) groups excluding carboxylic acids is 2. The number of hydrogen-bond donors (Lipinski definition) is 1. The minimum Gasteiger partial charge on any atom is -0.424 e. The fraction of sp³-hybridized carbons (Fsp3) is 0.619. The first-order valence-electron chi connectivity index (χ1n) is 9.72. The van der Waals surface area contributed by atoms with Crippen LogP contribution in [0.4, 0.5) is 5.69 Å². The average molecular weight is 347 g/mol. The Morgan fingerprint density at radius 1 is 0.880 bits per heavy atom. The number of carbonyl (C=O) groups is 2. The molecule has 0 unspecified atom stereocenters. The van der Waals surface area contributed by atoms with Crippen LogP contribution >= 0.6 is 0 Å². The van der Waals surface area contributed by atoms with E-state index >= 15 is 0 Å². The van der Waals surface area contributed by atoms with Crippen LogP contribution < -0.4 is 10.5 Å². The molecule has 0 heterocycles. The Balaban J connectivity index is 2.59. The largest absolute Gasteiger partial charge is 0.424 e. The zero-order chi connectivity index (χ0) is 18.5. The summed E-state index contributed by atoms with van der Waals surface area (Å²) >= 11 is 0. The van der Waals surface area contributed by atoms with E-state index in [2.05, 4.69) is 13.8 Å². The van der Waals surface area contributed by atoms with Crippen LogP contribution in [0.5, 0.6) is 5.75 Å². The van der Waals surface area contributed by atoms with E-state index in [9.17, 15) is 9.59 Å². The van der Waals surface area contributed by atoms with Crippen LogP contribution in [0.2, 0.25) is 0 Å². The van der Waals surface area contributed by atoms with Crippen LogP contribution in [0.25, 0.3) is 0 Å².